The van der Waals surface area contributed by atoms with E-state index in [4.69, 9.17) is 4.74 Å². The van der Waals surface area contributed by atoms with Gasteiger partial charge in [-0.3, -0.25) is 24.6 Å². The van der Waals surface area contributed by atoms with Crippen molar-refractivity contribution in [1.29, 1.82) is 0 Å². The number of anilines is 1. The molecule has 0 unspecified atom stereocenters. The van der Waals surface area contributed by atoms with Crippen LogP contribution in [0, 0.1) is 11.8 Å². The Kier molecular flexibility index (Phi) is 4.98. The van der Waals surface area contributed by atoms with Crippen molar-refractivity contribution >= 4 is 23.4 Å². The van der Waals surface area contributed by atoms with Crippen molar-refractivity contribution in [1.82, 2.24) is 10.2 Å². The van der Waals surface area contributed by atoms with Crippen LogP contribution in [-0.2, 0) is 31.1 Å². The van der Waals surface area contributed by atoms with E-state index in [9.17, 15) is 19.5 Å². The lowest BCUT2D eigenvalue weighted by Crippen LogP contribution is -2.53. The van der Waals surface area contributed by atoms with E-state index < -0.39 is 23.4 Å². The van der Waals surface area contributed by atoms with Crippen LogP contribution >= 0.6 is 0 Å². The summed E-state index contributed by atoms with van der Waals surface area (Å²) in [5, 5.41) is 15.9. The van der Waals surface area contributed by atoms with E-state index >= 15 is 0 Å². The number of nitrogens with zero attached hydrogens (tertiary/aromatic N) is 1. The molecular formula is C24H25N3O5. The van der Waals surface area contributed by atoms with Gasteiger partial charge in [0.25, 0.3) is 0 Å². The van der Waals surface area contributed by atoms with Crippen LogP contribution in [0.5, 0.6) is 5.75 Å². The predicted molar refractivity (Wildman–Crippen MR) is 116 cm³/mol. The largest absolute Gasteiger partial charge is 0.508 e. The highest BCUT2D eigenvalue weighted by Gasteiger charge is 2.70. The molecule has 166 valence electrons. The van der Waals surface area contributed by atoms with E-state index in [2.05, 4.69) is 10.6 Å². The summed E-state index contributed by atoms with van der Waals surface area (Å²) >= 11 is 0. The van der Waals surface area contributed by atoms with E-state index in [1.807, 2.05) is 24.3 Å². The smallest absolute Gasteiger partial charge is 0.250 e. The molecule has 2 fully saturated rings. The fourth-order valence-electron chi connectivity index (χ4n) is 5.47. The van der Waals surface area contributed by atoms with E-state index in [1.165, 1.54) is 4.90 Å². The number of methoxy groups -OCH3 is 1. The molecule has 0 radical (unpaired) electrons. The molecule has 8 nitrogen and oxygen atoms in total. The van der Waals surface area contributed by atoms with Crippen LogP contribution in [-0.4, -0.2) is 54.0 Å². The van der Waals surface area contributed by atoms with Crippen molar-refractivity contribution in [2.45, 2.75) is 24.4 Å². The Labute approximate surface area is 185 Å². The number of amides is 3. The van der Waals surface area contributed by atoms with Crippen LogP contribution in [0.4, 0.5) is 5.69 Å². The van der Waals surface area contributed by atoms with Crippen LogP contribution in [0.2, 0.25) is 0 Å². The lowest BCUT2D eigenvalue weighted by molar-refractivity contribution is -0.143. The molecule has 3 amide bonds. The molecule has 3 aliphatic rings. The van der Waals surface area contributed by atoms with Crippen molar-refractivity contribution in [2.75, 3.05) is 25.6 Å². The van der Waals surface area contributed by atoms with Gasteiger partial charge in [-0.2, -0.15) is 0 Å². The van der Waals surface area contributed by atoms with Gasteiger partial charge in [-0.1, -0.05) is 30.3 Å². The number of hydrogen-bond donors (Lipinski definition) is 3. The summed E-state index contributed by atoms with van der Waals surface area (Å²) in [5.41, 5.74) is 0.979. The van der Waals surface area contributed by atoms with Gasteiger partial charge in [0.1, 0.15) is 11.3 Å². The minimum absolute atomic E-state index is 0.156. The Morgan fingerprint density at radius 3 is 2.56 bits per heavy atom. The van der Waals surface area contributed by atoms with Gasteiger partial charge in [0, 0.05) is 37.6 Å². The number of likely N-dealkylation sites (tertiary alicyclic amines) is 1. The SMILES string of the molecule is COCCCN1C(=O)[C@@H]2[C@H](Cc3ccc(O)cc3)N[C@@]3(C(=O)Nc4ccccc43)[C@@H]2C1=O. The minimum Gasteiger partial charge on any atom is -0.508 e. The first-order valence-corrected chi connectivity index (χ1v) is 10.8. The minimum atomic E-state index is -1.29. The summed E-state index contributed by atoms with van der Waals surface area (Å²) in [6, 6.07) is 13.7. The Morgan fingerprint density at radius 1 is 1.06 bits per heavy atom. The molecule has 4 atom stereocenters. The highest BCUT2D eigenvalue weighted by molar-refractivity contribution is 6.15. The summed E-state index contributed by atoms with van der Waals surface area (Å²) < 4.78 is 5.09. The number of carbonyl (C=O) groups excluding carboxylic acids is 3. The van der Waals surface area contributed by atoms with Crippen LogP contribution in [0.1, 0.15) is 17.5 Å². The molecule has 2 aromatic rings. The van der Waals surface area contributed by atoms with Crippen LogP contribution in [0.25, 0.3) is 0 Å². The summed E-state index contributed by atoms with van der Waals surface area (Å²) in [5.74, 6) is -2.19. The Balaban J connectivity index is 1.56. The fraction of sp³-hybridized carbons (Fsp3) is 0.375. The van der Waals surface area contributed by atoms with Crippen molar-refractivity contribution in [3.63, 3.8) is 0 Å². The van der Waals surface area contributed by atoms with Crippen LogP contribution < -0.4 is 10.6 Å². The second kappa shape index (κ2) is 7.72. The zero-order chi connectivity index (χ0) is 22.5. The summed E-state index contributed by atoms with van der Waals surface area (Å²) in [6.45, 7) is 0.708. The van der Waals surface area contributed by atoms with Crippen molar-refractivity contribution in [2.24, 2.45) is 11.8 Å². The van der Waals surface area contributed by atoms with Gasteiger partial charge in [0.2, 0.25) is 17.7 Å². The molecule has 3 aliphatic heterocycles. The first kappa shape index (κ1) is 20.7. The molecular weight excluding hydrogens is 410 g/mol. The molecule has 0 aromatic heterocycles. The second-order valence-electron chi connectivity index (χ2n) is 8.61. The number of aromatic hydroxyl groups is 1. The molecule has 32 heavy (non-hydrogen) atoms. The van der Waals surface area contributed by atoms with E-state index in [-0.39, 0.29) is 30.0 Å². The molecule has 2 aromatic carbocycles. The van der Waals surface area contributed by atoms with Gasteiger partial charge in [-0.15, -0.1) is 0 Å². The highest BCUT2D eigenvalue weighted by Crippen LogP contribution is 2.53. The van der Waals surface area contributed by atoms with Gasteiger partial charge in [-0.05, 0) is 36.6 Å². The summed E-state index contributed by atoms with van der Waals surface area (Å²) in [7, 11) is 1.58. The van der Waals surface area contributed by atoms with Gasteiger partial charge >= 0.3 is 0 Å². The lowest BCUT2D eigenvalue weighted by Gasteiger charge is -2.29. The second-order valence-corrected chi connectivity index (χ2v) is 8.61. The molecule has 3 N–H and O–H groups in total. The zero-order valence-electron chi connectivity index (χ0n) is 17.7. The lowest BCUT2D eigenvalue weighted by atomic mass is 9.76. The molecule has 8 heteroatoms. The third-order valence-electron chi connectivity index (χ3n) is 6.84. The number of nitrogens with one attached hydrogen (secondary N) is 2. The van der Waals surface area contributed by atoms with E-state index in [0.29, 0.717) is 30.7 Å². The molecule has 2 saturated heterocycles. The average Bonchev–Trinajstić information content (AvgIpc) is 3.36. The topological polar surface area (TPSA) is 108 Å². The zero-order valence-corrected chi connectivity index (χ0v) is 17.7. The quantitative estimate of drug-likeness (QED) is 0.468. The molecule has 0 bridgehead atoms. The maximum atomic E-state index is 13.6. The van der Waals surface area contributed by atoms with Gasteiger partial charge < -0.3 is 15.2 Å². The number of benzene rings is 2. The normalized spacial score (nSPS) is 28.3. The molecule has 0 saturated carbocycles. The maximum absolute atomic E-state index is 13.6. The van der Waals surface area contributed by atoms with Crippen molar-refractivity contribution in [3.8, 4) is 5.75 Å². The number of ether oxygens (including phenoxy) is 1. The number of phenols is 1. The average molecular weight is 435 g/mol. The third-order valence-corrected chi connectivity index (χ3v) is 6.84. The number of fused-ring (bicyclic) bond motifs is 4. The molecule has 1 spiro atoms. The highest BCUT2D eigenvalue weighted by atomic mass is 16.5. The number of imide groups is 1. The van der Waals surface area contributed by atoms with Gasteiger partial charge in [0.15, 0.2) is 0 Å². The number of hydrogen-bond acceptors (Lipinski definition) is 6. The Hall–Kier alpha value is -3.23. The standard InChI is InChI=1S/C24H25N3O5/c1-32-12-4-11-27-21(29)19-18(13-14-7-9-15(28)10-8-14)26-24(20(19)22(27)30)16-5-2-3-6-17(16)25-23(24)31/h2-3,5-10,18-20,26,28H,4,11-13H2,1H3,(H,25,31)/t18-,19+,20-,24+/m0/s1. The number of rotatable bonds is 6. The van der Waals surface area contributed by atoms with Crippen LogP contribution in [0.15, 0.2) is 48.5 Å². The van der Waals surface area contributed by atoms with Gasteiger partial charge in [0.05, 0.1) is 11.8 Å². The maximum Gasteiger partial charge on any atom is 0.250 e. The van der Waals surface area contributed by atoms with Gasteiger partial charge in [-0.25, -0.2) is 0 Å². The third kappa shape index (κ3) is 2.94. The number of para-hydroxylation sites is 1. The summed E-state index contributed by atoms with van der Waals surface area (Å²) in [4.78, 5) is 41.7. The number of phenolic OH excluding ortho intramolecular Hbond substituents is 1. The van der Waals surface area contributed by atoms with Crippen LogP contribution in [0.3, 0.4) is 0 Å². The molecule has 3 heterocycles. The molecule has 0 aliphatic carbocycles. The van der Waals surface area contributed by atoms with Crippen molar-refractivity contribution in [3.05, 3.63) is 59.7 Å². The van der Waals surface area contributed by atoms with Crippen molar-refractivity contribution < 1.29 is 24.2 Å². The van der Waals surface area contributed by atoms with E-state index in [1.54, 1.807) is 31.4 Å². The first-order chi connectivity index (χ1) is 15.5. The van der Waals surface area contributed by atoms with E-state index in [0.717, 1.165) is 5.56 Å². The summed E-state index contributed by atoms with van der Waals surface area (Å²) in [6.07, 6.45) is 0.989. The Morgan fingerprint density at radius 2 is 1.81 bits per heavy atom. The first-order valence-electron chi connectivity index (χ1n) is 10.8. The number of carbonyl (C=O) groups is 3. The monoisotopic (exact) mass is 435 g/mol. The molecule has 5 rings (SSSR count). The Bertz CT molecular complexity index is 1090. The predicted octanol–water partition coefficient (Wildman–Crippen LogP) is 1.39. The fourth-order valence-corrected chi connectivity index (χ4v) is 5.47.